The fourth-order valence-electron chi connectivity index (χ4n) is 2.28. The van der Waals surface area contributed by atoms with Crippen LogP contribution in [0.3, 0.4) is 0 Å². The van der Waals surface area contributed by atoms with Crippen LogP contribution in [0.1, 0.15) is 60.3 Å². The highest BCUT2D eigenvalue weighted by atomic mass is 127. The van der Waals surface area contributed by atoms with E-state index in [0.29, 0.717) is 11.9 Å². The maximum absolute atomic E-state index is 12.0. The van der Waals surface area contributed by atoms with E-state index >= 15 is 0 Å². The topological polar surface area (TPSA) is 85.8 Å². The second-order valence-corrected chi connectivity index (χ2v) is 7.90. The van der Waals surface area contributed by atoms with E-state index < -0.39 is 0 Å². The van der Waals surface area contributed by atoms with Crippen LogP contribution in [-0.2, 0) is 9.59 Å². The molecule has 0 saturated carbocycles. The lowest BCUT2D eigenvalue weighted by Gasteiger charge is -2.21. The van der Waals surface area contributed by atoms with Gasteiger partial charge in [0.1, 0.15) is 6.54 Å². The number of nitrogens with zero attached hydrogens (tertiary/aromatic N) is 2. The van der Waals surface area contributed by atoms with Crippen LogP contribution in [0.25, 0.3) is 0 Å². The summed E-state index contributed by atoms with van der Waals surface area (Å²) in [6.07, 6.45) is 4.63. The largest absolute Gasteiger partial charge is 0.356 e. The number of rotatable bonds is 10. The number of nitrogens with one attached hydrogen (secondary N) is 3. The molecule has 0 aromatic heterocycles. The number of unbranched alkanes of at least 4 members (excludes halogenated alkanes) is 1. The number of hydrogen-bond donors (Lipinski definition) is 3. The summed E-state index contributed by atoms with van der Waals surface area (Å²) in [5.74, 6) is 0.862. The summed E-state index contributed by atoms with van der Waals surface area (Å²) in [7, 11) is 3.42. The Morgan fingerprint density at radius 3 is 2.22 bits per heavy atom. The number of aliphatic imine (C=N–C) groups is 1. The molecule has 0 aliphatic rings. The summed E-state index contributed by atoms with van der Waals surface area (Å²) in [4.78, 5) is 29.7. The Balaban J connectivity index is 0. The molecule has 0 aliphatic carbocycles. The minimum absolute atomic E-state index is 0. The van der Waals surface area contributed by atoms with Crippen molar-refractivity contribution in [2.24, 2.45) is 10.9 Å². The molecule has 3 N–H and O–H groups in total. The fraction of sp³-hybridized carbons (Fsp3) is 0.842. The van der Waals surface area contributed by atoms with Crippen LogP contribution in [0.5, 0.6) is 0 Å². The third-order valence-electron chi connectivity index (χ3n) is 3.90. The zero-order chi connectivity index (χ0) is 20.2. The highest BCUT2D eigenvalue weighted by molar-refractivity contribution is 14.0. The smallest absolute Gasteiger partial charge is 0.242 e. The van der Waals surface area contributed by atoms with E-state index in [0.717, 1.165) is 19.4 Å². The van der Waals surface area contributed by atoms with Crippen LogP contribution in [-0.4, -0.2) is 61.9 Å². The van der Waals surface area contributed by atoms with Crippen molar-refractivity contribution in [3.8, 4) is 0 Å². The molecule has 0 heterocycles. The van der Waals surface area contributed by atoms with Gasteiger partial charge in [-0.05, 0) is 33.1 Å². The first kappa shape index (κ1) is 28.2. The summed E-state index contributed by atoms with van der Waals surface area (Å²) >= 11 is 0. The van der Waals surface area contributed by atoms with Gasteiger partial charge < -0.3 is 20.9 Å². The molecule has 27 heavy (non-hydrogen) atoms. The fourth-order valence-corrected chi connectivity index (χ4v) is 2.28. The molecule has 1 unspecified atom stereocenters. The van der Waals surface area contributed by atoms with Crippen molar-refractivity contribution in [1.82, 2.24) is 20.9 Å². The predicted octanol–water partition coefficient (Wildman–Crippen LogP) is 2.36. The first-order valence-electron chi connectivity index (χ1n) is 9.62. The highest BCUT2D eigenvalue weighted by Gasteiger charge is 2.14. The molecule has 0 aromatic carbocycles. The summed E-state index contributed by atoms with van der Waals surface area (Å²) in [6.45, 7) is 11.1. The Kier molecular flexibility index (Phi) is 15.6. The van der Waals surface area contributed by atoms with E-state index in [9.17, 15) is 9.59 Å². The maximum atomic E-state index is 12.0. The quantitative estimate of drug-likeness (QED) is 0.246. The molecule has 8 heteroatoms. The van der Waals surface area contributed by atoms with E-state index in [1.165, 1.54) is 17.7 Å². The molecule has 160 valence electrons. The van der Waals surface area contributed by atoms with Gasteiger partial charge in [-0.2, -0.15) is 0 Å². The number of guanidine groups is 1. The van der Waals surface area contributed by atoms with Gasteiger partial charge in [0.2, 0.25) is 11.8 Å². The van der Waals surface area contributed by atoms with Crippen molar-refractivity contribution < 1.29 is 9.59 Å². The average molecular weight is 497 g/mol. The van der Waals surface area contributed by atoms with E-state index in [4.69, 9.17) is 0 Å². The van der Waals surface area contributed by atoms with Gasteiger partial charge in [0.25, 0.3) is 0 Å². The normalized spacial score (nSPS) is 12.6. The van der Waals surface area contributed by atoms with Gasteiger partial charge in [0, 0.05) is 26.2 Å². The SMILES string of the molecule is CCCCC(CC)CNC(=NCC(=O)NC(C)(C)C)NCC(=O)N(C)C.I. The molecule has 0 bridgehead atoms. The third-order valence-corrected chi connectivity index (χ3v) is 3.90. The van der Waals surface area contributed by atoms with Gasteiger partial charge in [0.15, 0.2) is 5.96 Å². The van der Waals surface area contributed by atoms with E-state index in [1.807, 2.05) is 20.8 Å². The van der Waals surface area contributed by atoms with Gasteiger partial charge in [0.05, 0.1) is 6.54 Å². The lowest BCUT2D eigenvalue weighted by atomic mass is 9.99. The Bertz CT molecular complexity index is 462. The zero-order valence-corrected chi connectivity index (χ0v) is 20.5. The van der Waals surface area contributed by atoms with E-state index in [2.05, 4.69) is 34.8 Å². The van der Waals surface area contributed by atoms with Gasteiger partial charge in [-0.15, -0.1) is 24.0 Å². The number of carbonyl (C=O) groups excluding carboxylic acids is 2. The van der Waals surface area contributed by atoms with Crippen LogP contribution < -0.4 is 16.0 Å². The van der Waals surface area contributed by atoms with Crippen molar-refractivity contribution in [3.05, 3.63) is 0 Å². The number of carbonyl (C=O) groups is 2. The minimum Gasteiger partial charge on any atom is -0.356 e. The molecule has 0 radical (unpaired) electrons. The van der Waals surface area contributed by atoms with Crippen LogP contribution in [0, 0.1) is 5.92 Å². The molecule has 0 spiro atoms. The molecule has 2 amide bonds. The standard InChI is InChI=1S/C19H39N5O2.HI/c1-8-10-11-15(9-2)12-20-18(22-14-17(26)24(6)7)21-13-16(25)23-19(3,4)5;/h15H,8-14H2,1-7H3,(H,23,25)(H2,20,21,22);1H. The van der Waals surface area contributed by atoms with Crippen LogP contribution in [0.15, 0.2) is 4.99 Å². The second-order valence-electron chi connectivity index (χ2n) is 7.90. The number of amides is 2. The zero-order valence-electron chi connectivity index (χ0n) is 18.1. The molecule has 0 fully saturated rings. The van der Waals surface area contributed by atoms with Crippen molar-refractivity contribution in [2.45, 2.75) is 65.8 Å². The Morgan fingerprint density at radius 2 is 1.74 bits per heavy atom. The molecular formula is C19H40IN5O2. The molecular weight excluding hydrogens is 457 g/mol. The van der Waals surface area contributed by atoms with Crippen molar-refractivity contribution in [2.75, 3.05) is 33.7 Å². The molecule has 1 atom stereocenters. The van der Waals surface area contributed by atoms with Crippen molar-refractivity contribution in [3.63, 3.8) is 0 Å². The molecule has 7 nitrogen and oxygen atoms in total. The Morgan fingerprint density at radius 1 is 1.11 bits per heavy atom. The average Bonchev–Trinajstić information content (AvgIpc) is 2.54. The second kappa shape index (κ2) is 14.9. The van der Waals surface area contributed by atoms with Crippen molar-refractivity contribution >= 4 is 41.8 Å². The van der Waals surface area contributed by atoms with Gasteiger partial charge >= 0.3 is 0 Å². The number of halogens is 1. The maximum Gasteiger partial charge on any atom is 0.242 e. The van der Waals surface area contributed by atoms with Gasteiger partial charge in [-0.25, -0.2) is 4.99 Å². The minimum atomic E-state index is -0.290. The molecule has 0 saturated heterocycles. The monoisotopic (exact) mass is 497 g/mol. The summed E-state index contributed by atoms with van der Waals surface area (Å²) in [5, 5.41) is 9.19. The Labute approximate surface area is 182 Å². The first-order valence-corrected chi connectivity index (χ1v) is 9.62. The van der Waals surface area contributed by atoms with E-state index in [-0.39, 0.29) is 54.4 Å². The lowest BCUT2D eigenvalue weighted by molar-refractivity contribution is -0.127. The van der Waals surface area contributed by atoms with Crippen LogP contribution in [0.2, 0.25) is 0 Å². The summed E-state index contributed by atoms with van der Waals surface area (Å²) in [6, 6.07) is 0. The predicted molar refractivity (Wildman–Crippen MR) is 124 cm³/mol. The number of likely N-dealkylation sites (N-methyl/N-ethyl adjacent to an activating group) is 1. The van der Waals surface area contributed by atoms with E-state index in [1.54, 1.807) is 14.1 Å². The van der Waals surface area contributed by atoms with Crippen LogP contribution >= 0.6 is 24.0 Å². The molecule has 0 aromatic rings. The van der Waals surface area contributed by atoms with Crippen molar-refractivity contribution in [1.29, 1.82) is 0 Å². The van der Waals surface area contributed by atoms with Crippen LogP contribution in [0.4, 0.5) is 0 Å². The first-order chi connectivity index (χ1) is 12.1. The third kappa shape index (κ3) is 15.7. The van der Waals surface area contributed by atoms with Gasteiger partial charge in [-0.3, -0.25) is 9.59 Å². The summed E-state index contributed by atoms with van der Waals surface area (Å²) in [5.41, 5.74) is -0.290. The molecule has 0 rings (SSSR count). The lowest BCUT2D eigenvalue weighted by Crippen LogP contribution is -2.46. The Hall–Kier alpha value is -1.06. The van der Waals surface area contributed by atoms with Gasteiger partial charge in [-0.1, -0.05) is 33.1 Å². The highest BCUT2D eigenvalue weighted by Crippen LogP contribution is 2.11. The molecule has 0 aliphatic heterocycles. The number of hydrogen-bond acceptors (Lipinski definition) is 3. The summed E-state index contributed by atoms with van der Waals surface area (Å²) < 4.78 is 0.